The Labute approximate surface area is 93.0 Å². The molecule has 0 saturated heterocycles. The topological polar surface area (TPSA) is 20.2 Å². The number of halogens is 4. The molecule has 1 unspecified atom stereocenters. The third-order valence-corrected chi connectivity index (χ3v) is 3.39. The van der Waals surface area contributed by atoms with Gasteiger partial charge in [0.2, 0.25) is 0 Å². The number of hydrogen-bond donors (Lipinski definition) is 1. The van der Waals surface area contributed by atoms with Crippen LogP contribution in [0, 0.1) is 5.82 Å². The normalized spacial score (nSPS) is 25.4. The van der Waals surface area contributed by atoms with Gasteiger partial charge in [-0.05, 0) is 52.0 Å². The number of aliphatic hydroxyl groups is 1. The molecule has 2 rings (SSSR count). The van der Waals surface area contributed by atoms with Gasteiger partial charge in [0, 0.05) is 0 Å². The first kappa shape index (κ1) is 11.0. The van der Waals surface area contributed by atoms with Crippen LogP contribution in [-0.2, 0) is 12.0 Å². The molecule has 0 aliphatic heterocycles. The van der Waals surface area contributed by atoms with Gasteiger partial charge in [-0.15, -0.1) is 0 Å². The van der Waals surface area contributed by atoms with E-state index in [2.05, 4.69) is 15.9 Å². The van der Waals surface area contributed by atoms with Crippen LogP contribution in [0.25, 0.3) is 0 Å². The predicted octanol–water partition coefficient (Wildman–Crippen LogP) is 2.95. The van der Waals surface area contributed by atoms with Crippen molar-refractivity contribution >= 4 is 15.9 Å². The summed E-state index contributed by atoms with van der Waals surface area (Å²) in [4.78, 5) is -3.40. The highest BCUT2D eigenvalue weighted by atomic mass is 79.9. The molecule has 0 aromatic heterocycles. The van der Waals surface area contributed by atoms with Crippen LogP contribution in [0.1, 0.15) is 17.5 Å². The van der Waals surface area contributed by atoms with Crippen LogP contribution in [0.2, 0.25) is 0 Å². The second-order valence-corrected chi connectivity index (χ2v) is 4.66. The number of rotatable bonds is 1. The monoisotopic (exact) mass is 280 g/mol. The highest BCUT2D eigenvalue weighted by Crippen LogP contribution is 2.50. The number of aryl methyl sites for hydroxylation is 1. The van der Waals surface area contributed by atoms with Crippen LogP contribution in [0.15, 0.2) is 18.2 Å². The lowest BCUT2D eigenvalue weighted by Gasteiger charge is -2.28. The molecule has 0 amide bonds. The zero-order chi connectivity index (χ0) is 11.3. The number of hydrogen-bond acceptors (Lipinski definition) is 1. The van der Waals surface area contributed by atoms with Gasteiger partial charge < -0.3 is 5.11 Å². The minimum Gasteiger partial charge on any atom is -0.378 e. The molecule has 82 valence electrons. The fourth-order valence-corrected chi connectivity index (χ4v) is 2.33. The molecule has 1 aliphatic carbocycles. The van der Waals surface area contributed by atoms with Crippen molar-refractivity contribution in [3.63, 3.8) is 0 Å². The molecule has 1 atom stereocenters. The summed E-state index contributed by atoms with van der Waals surface area (Å²) in [7, 11) is 0. The van der Waals surface area contributed by atoms with Gasteiger partial charge in [-0.25, -0.2) is 4.39 Å². The molecular weight excluding hydrogens is 273 g/mol. The summed E-state index contributed by atoms with van der Waals surface area (Å²) in [5.41, 5.74) is -1.68. The first-order valence-corrected chi connectivity index (χ1v) is 5.22. The minimum atomic E-state index is -3.40. The highest BCUT2D eigenvalue weighted by molar-refractivity contribution is 9.10. The molecule has 0 spiro atoms. The van der Waals surface area contributed by atoms with E-state index in [-0.39, 0.29) is 18.4 Å². The van der Waals surface area contributed by atoms with Crippen molar-refractivity contribution < 1.29 is 18.3 Å². The molecule has 15 heavy (non-hydrogen) atoms. The largest absolute Gasteiger partial charge is 0.378 e. The van der Waals surface area contributed by atoms with Crippen LogP contribution < -0.4 is 0 Å². The lowest BCUT2D eigenvalue weighted by molar-refractivity contribution is -0.120. The van der Waals surface area contributed by atoms with Crippen molar-refractivity contribution in [1.29, 1.82) is 0 Å². The van der Waals surface area contributed by atoms with Crippen LogP contribution in [0.5, 0.6) is 0 Å². The molecule has 0 bridgehead atoms. The number of alkyl halides is 3. The van der Waals surface area contributed by atoms with E-state index in [1.807, 2.05) is 0 Å². The van der Waals surface area contributed by atoms with E-state index in [0.717, 1.165) is 6.07 Å². The van der Waals surface area contributed by atoms with Gasteiger partial charge in [0.05, 0.1) is 0 Å². The summed E-state index contributed by atoms with van der Waals surface area (Å²) in [6, 6.07) is 3.48. The molecule has 5 heteroatoms. The Morgan fingerprint density at radius 1 is 1.40 bits per heavy atom. The molecule has 1 nitrogen and oxygen atoms in total. The third-order valence-electron chi connectivity index (χ3n) is 2.74. The minimum absolute atomic E-state index is 0.103. The van der Waals surface area contributed by atoms with Gasteiger partial charge in [-0.2, -0.15) is 8.78 Å². The maximum atomic E-state index is 13.2. The molecule has 0 fully saturated rings. The lowest BCUT2D eigenvalue weighted by Crippen LogP contribution is -2.38. The van der Waals surface area contributed by atoms with Crippen molar-refractivity contribution in [2.24, 2.45) is 0 Å². The van der Waals surface area contributed by atoms with Crippen LogP contribution in [0.3, 0.4) is 0 Å². The standard InChI is InChI=1S/C10H8BrF3O/c11-10(13,14)9(15)4-3-6-5-7(12)1-2-8(6)9/h1-2,5,15H,3-4H2. The SMILES string of the molecule is OC1(C(F)(F)Br)CCc2cc(F)ccc21. The zero-order valence-electron chi connectivity index (χ0n) is 7.61. The van der Waals surface area contributed by atoms with Crippen molar-refractivity contribution in [3.05, 3.63) is 35.1 Å². The molecule has 0 heterocycles. The number of benzene rings is 1. The first-order chi connectivity index (χ1) is 6.84. The van der Waals surface area contributed by atoms with E-state index in [0.29, 0.717) is 5.56 Å². The Kier molecular flexibility index (Phi) is 2.35. The van der Waals surface area contributed by atoms with Gasteiger partial charge in [-0.3, -0.25) is 0 Å². The van der Waals surface area contributed by atoms with E-state index in [9.17, 15) is 18.3 Å². The maximum Gasteiger partial charge on any atom is 0.333 e. The Bertz CT molecular complexity index is 402. The predicted molar refractivity (Wildman–Crippen MR) is 52.5 cm³/mol. The van der Waals surface area contributed by atoms with Gasteiger partial charge in [0.15, 0.2) is 5.60 Å². The molecule has 1 aliphatic rings. The smallest absolute Gasteiger partial charge is 0.333 e. The third kappa shape index (κ3) is 1.58. The van der Waals surface area contributed by atoms with Crippen molar-refractivity contribution in [2.45, 2.75) is 23.3 Å². The molecule has 1 aromatic rings. The molecule has 1 aromatic carbocycles. The summed E-state index contributed by atoms with van der Waals surface area (Å²) in [6.07, 6.45) is 0.148. The van der Waals surface area contributed by atoms with Gasteiger partial charge in [0.25, 0.3) is 0 Å². The zero-order valence-corrected chi connectivity index (χ0v) is 9.19. The van der Waals surface area contributed by atoms with Crippen LogP contribution >= 0.6 is 15.9 Å². The van der Waals surface area contributed by atoms with Gasteiger partial charge >= 0.3 is 4.83 Å². The second-order valence-electron chi connectivity index (χ2n) is 3.66. The van der Waals surface area contributed by atoms with Crippen molar-refractivity contribution in [2.75, 3.05) is 0 Å². The summed E-state index contributed by atoms with van der Waals surface area (Å²) in [5, 5.41) is 9.85. The quantitative estimate of drug-likeness (QED) is 0.785. The fourth-order valence-electron chi connectivity index (χ4n) is 1.92. The fraction of sp³-hybridized carbons (Fsp3) is 0.400. The summed E-state index contributed by atoms with van der Waals surface area (Å²) in [5.74, 6) is -0.476. The van der Waals surface area contributed by atoms with Crippen LogP contribution in [0.4, 0.5) is 13.2 Å². The second kappa shape index (κ2) is 3.22. The average Bonchev–Trinajstić information content (AvgIpc) is 2.43. The summed E-state index contributed by atoms with van der Waals surface area (Å²) in [6.45, 7) is 0. The van der Waals surface area contributed by atoms with E-state index >= 15 is 0 Å². The van der Waals surface area contributed by atoms with Gasteiger partial charge in [0.1, 0.15) is 5.82 Å². The average molecular weight is 281 g/mol. The summed E-state index contributed by atoms with van der Waals surface area (Å²) < 4.78 is 39.2. The molecule has 1 N–H and O–H groups in total. The van der Waals surface area contributed by atoms with Crippen molar-refractivity contribution in [3.8, 4) is 0 Å². The maximum absolute atomic E-state index is 13.2. The van der Waals surface area contributed by atoms with Gasteiger partial charge in [-0.1, -0.05) is 6.07 Å². The van der Waals surface area contributed by atoms with Crippen LogP contribution in [-0.4, -0.2) is 9.94 Å². The number of fused-ring (bicyclic) bond motifs is 1. The van der Waals surface area contributed by atoms with E-state index in [1.165, 1.54) is 12.1 Å². The lowest BCUT2D eigenvalue weighted by atomic mass is 9.96. The first-order valence-electron chi connectivity index (χ1n) is 4.42. The summed E-state index contributed by atoms with van der Waals surface area (Å²) >= 11 is 2.17. The van der Waals surface area contributed by atoms with E-state index in [1.54, 1.807) is 0 Å². The Morgan fingerprint density at radius 3 is 2.67 bits per heavy atom. The molecular formula is C10H8BrF3O. The van der Waals surface area contributed by atoms with Crippen molar-refractivity contribution in [1.82, 2.24) is 0 Å². The molecule has 0 radical (unpaired) electrons. The van der Waals surface area contributed by atoms with E-state index in [4.69, 9.17) is 0 Å². The molecule has 0 saturated carbocycles. The highest BCUT2D eigenvalue weighted by Gasteiger charge is 2.55. The van der Waals surface area contributed by atoms with E-state index < -0.39 is 16.3 Å². The Balaban J connectivity index is 2.53. The Hall–Kier alpha value is -0.550. The Morgan fingerprint density at radius 2 is 2.07 bits per heavy atom.